The van der Waals surface area contributed by atoms with Crippen molar-refractivity contribution >= 4 is 29.1 Å². The van der Waals surface area contributed by atoms with Crippen LogP contribution in [-0.2, 0) is 17.8 Å². The fraction of sp³-hybridized carbons (Fsp3) is 0.267. The number of hydrogen-bond acceptors (Lipinski definition) is 4. The van der Waals surface area contributed by atoms with Crippen LogP contribution in [0.2, 0.25) is 5.02 Å². The smallest absolute Gasteiger partial charge is 0.255 e. The number of amides is 1. The molecule has 114 valence electrons. The Kier molecular flexibility index (Phi) is 3.85. The molecule has 1 aliphatic heterocycles. The molecule has 7 heteroatoms. The Bertz CT molecular complexity index is 765. The number of carbonyl (C=O) groups excluding carboxylic acids is 1. The summed E-state index contributed by atoms with van der Waals surface area (Å²) in [6.07, 6.45) is 0.755. The Labute approximate surface area is 133 Å². The first kappa shape index (κ1) is 14.6. The summed E-state index contributed by atoms with van der Waals surface area (Å²) >= 11 is 5.93. The molecule has 1 aromatic carbocycles. The number of nitrogens with one attached hydrogen (secondary N) is 2. The summed E-state index contributed by atoms with van der Waals surface area (Å²) in [5, 5.41) is 10.9. The minimum Gasteiger partial charge on any atom is -0.328 e. The van der Waals surface area contributed by atoms with Gasteiger partial charge in [-0.3, -0.25) is 4.79 Å². The highest BCUT2D eigenvalue weighted by Gasteiger charge is 2.23. The lowest BCUT2D eigenvalue weighted by Gasteiger charge is -2.19. The second-order valence-corrected chi connectivity index (χ2v) is 5.49. The van der Waals surface area contributed by atoms with E-state index in [1.54, 1.807) is 28.9 Å². The van der Waals surface area contributed by atoms with Crippen molar-refractivity contribution in [1.29, 1.82) is 0 Å². The van der Waals surface area contributed by atoms with Crippen molar-refractivity contribution in [3.8, 4) is 0 Å². The highest BCUT2D eigenvalue weighted by molar-refractivity contribution is 6.30. The van der Waals surface area contributed by atoms with Crippen LogP contribution in [-0.4, -0.2) is 20.7 Å². The van der Waals surface area contributed by atoms with Gasteiger partial charge in [-0.05, 0) is 25.1 Å². The molecule has 0 fully saturated rings. The predicted octanol–water partition coefficient (Wildman–Crippen LogP) is 2.83. The number of benzene rings is 1. The van der Waals surface area contributed by atoms with E-state index in [0.717, 1.165) is 17.9 Å². The van der Waals surface area contributed by atoms with Crippen LogP contribution in [0, 0.1) is 0 Å². The Morgan fingerprint density at radius 2 is 2.32 bits per heavy atom. The van der Waals surface area contributed by atoms with Gasteiger partial charge in [0.15, 0.2) is 5.82 Å². The number of allylic oxidation sites excluding steroid dienone is 1. The molecule has 1 aromatic heterocycles. The first-order valence-electron chi connectivity index (χ1n) is 7.04. The van der Waals surface area contributed by atoms with Gasteiger partial charge in [-0.2, -0.15) is 10.1 Å². The summed E-state index contributed by atoms with van der Waals surface area (Å²) in [7, 11) is 0. The van der Waals surface area contributed by atoms with Gasteiger partial charge in [0.2, 0.25) is 5.95 Å². The molecule has 0 radical (unpaired) electrons. The molecule has 3 rings (SSSR count). The molecule has 1 amide bonds. The van der Waals surface area contributed by atoms with Crippen LogP contribution in [0.25, 0.3) is 0 Å². The summed E-state index contributed by atoms with van der Waals surface area (Å²) < 4.78 is 1.71. The molecule has 22 heavy (non-hydrogen) atoms. The largest absolute Gasteiger partial charge is 0.328 e. The molecular weight excluding hydrogens is 302 g/mol. The number of anilines is 2. The van der Waals surface area contributed by atoms with E-state index in [-0.39, 0.29) is 5.91 Å². The standard InChI is InChI=1S/C15H16ClN5O/c1-3-13-19-15-17-9(2)12(8-21(15)20-13)14(22)18-11-6-4-5-10(16)7-11/h4-7H,3,8H2,1-2H3,(H,18,22)(H,17,19,20). The number of rotatable bonds is 3. The van der Waals surface area contributed by atoms with Crippen LogP contribution in [0.1, 0.15) is 19.7 Å². The van der Waals surface area contributed by atoms with Crippen molar-refractivity contribution in [1.82, 2.24) is 14.8 Å². The van der Waals surface area contributed by atoms with E-state index in [9.17, 15) is 4.79 Å². The second kappa shape index (κ2) is 5.81. The number of aromatic nitrogens is 3. The maximum atomic E-state index is 12.5. The number of fused-ring (bicyclic) bond motifs is 1. The van der Waals surface area contributed by atoms with Gasteiger partial charge in [0.25, 0.3) is 5.91 Å². The normalized spacial score (nSPS) is 13.6. The van der Waals surface area contributed by atoms with Gasteiger partial charge in [-0.1, -0.05) is 24.6 Å². The zero-order chi connectivity index (χ0) is 15.7. The minimum absolute atomic E-state index is 0.175. The van der Waals surface area contributed by atoms with Crippen LogP contribution >= 0.6 is 11.6 Å². The van der Waals surface area contributed by atoms with Crippen LogP contribution < -0.4 is 10.6 Å². The summed E-state index contributed by atoms with van der Waals surface area (Å²) in [6, 6.07) is 7.06. The van der Waals surface area contributed by atoms with Gasteiger partial charge < -0.3 is 10.6 Å². The van der Waals surface area contributed by atoms with Gasteiger partial charge >= 0.3 is 0 Å². The fourth-order valence-electron chi connectivity index (χ4n) is 2.27. The van der Waals surface area contributed by atoms with E-state index >= 15 is 0 Å². The van der Waals surface area contributed by atoms with Gasteiger partial charge in [-0.25, -0.2) is 4.68 Å². The molecule has 1 aliphatic rings. The molecule has 0 bridgehead atoms. The third kappa shape index (κ3) is 2.82. The number of carbonyl (C=O) groups is 1. The third-order valence-corrected chi connectivity index (χ3v) is 3.68. The maximum Gasteiger partial charge on any atom is 0.255 e. The van der Waals surface area contributed by atoms with E-state index in [4.69, 9.17) is 11.6 Å². The lowest BCUT2D eigenvalue weighted by atomic mass is 10.1. The molecule has 0 unspecified atom stereocenters. The first-order chi connectivity index (χ1) is 10.6. The Balaban J connectivity index is 1.80. The van der Waals surface area contributed by atoms with Crippen molar-refractivity contribution in [2.45, 2.75) is 26.8 Å². The van der Waals surface area contributed by atoms with Crippen LogP contribution in [0.15, 0.2) is 35.5 Å². The highest BCUT2D eigenvalue weighted by atomic mass is 35.5. The molecule has 0 spiro atoms. The van der Waals surface area contributed by atoms with E-state index in [2.05, 4.69) is 20.7 Å². The molecule has 0 atom stereocenters. The predicted molar refractivity (Wildman–Crippen MR) is 85.8 cm³/mol. The molecular formula is C15H16ClN5O. The van der Waals surface area contributed by atoms with Crippen molar-refractivity contribution < 1.29 is 4.79 Å². The number of nitrogens with zero attached hydrogens (tertiary/aromatic N) is 3. The summed E-state index contributed by atoms with van der Waals surface area (Å²) in [5.74, 6) is 1.26. The SMILES string of the molecule is CCc1nc2n(n1)CC(C(=O)Nc1cccc(Cl)c1)=C(C)N2. The third-order valence-electron chi connectivity index (χ3n) is 3.45. The van der Waals surface area contributed by atoms with Crippen molar-refractivity contribution in [3.05, 3.63) is 46.4 Å². The summed E-state index contributed by atoms with van der Waals surface area (Å²) in [6.45, 7) is 4.25. The Hall–Kier alpha value is -2.34. The van der Waals surface area contributed by atoms with E-state index in [0.29, 0.717) is 28.8 Å². The fourth-order valence-corrected chi connectivity index (χ4v) is 2.46. The topological polar surface area (TPSA) is 71.8 Å². The Morgan fingerprint density at radius 1 is 1.50 bits per heavy atom. The van der Waals surface area contributed by atoms with Gasteiger partial charge in [-0.15, -0.1) is 0 Å². The second-order valence-electron chi connectivity index (χ2n) is 5.06. The highest BCUT2D eigenvalue weighted by Crippen LogP contribution is 2.22. The van der Waals surface area contributed by atoms with Crippen LogP contribution in [0.3, 0.4) is 0 Å². The Morgan fingerprint density at radius 3 is 3.05 bits per heavy atom. The average molecular weight is 318 g/mol. The quantitative estimate of drug-likeness (QED) is 0.913. The van der Waals surface area contributed by atoms with Gasteiger partial charge in [0.05, 0.1) is 12.1 Å². The van der Waals surface area contributed by atoms with Crippen LogP contribution in [0.5, 0.6) is 0 Å². The van der Waals surface area contributed by atoms with Gasteiger partial charge in [0.1, 0.15) is 0 Å². The van der Waals surface area contributed by atoms with Crippen LogP contribution in [0.4, 0.5) is 11.6 Å². The van der Waals surface area contributed by atoms with E-state index < -0.39 is 0 Å². The van der Waals surface area contributed by atoms with Crippen molar-refractivity contribution in [2.75, 3.05) is 10.6 Å². The molecule has 0 saturated heterocycles. The number of hydrogen-bond donors (Lipinski definition) is 2. The molecule has 6 nitrogen and oxygen atoms in total. The first-order valence-corrected chi connectivity index (χ1v) is 7.42. The zero-order valence-corrected chi connectivity index (χ0v) is 13.1. The zero-order valence-electron chi connectivity index (χ0n) is 12.4. The maximum absolute atomic E-state index is 12.5. The number of aryl methyl sites for hydroxylation is 1. The summed E-state index contributed by atoms with van der Waals surface area (Å²) in [5.41, 5.74) is 2.07. The van der Waals surface area contributed by atoms with Crippen molar-refractivity contribution in [2.24, 2.45) is 0 Å². The molecule has 0 saturated carbocycles. The molecule has 0 aliphatic carbocycles. The van der Waals surface area contributed by atoms with Gasteiger partial charge in [0, 0.05) is 22.8 Å². The van der Waals surface area contributed by atoms with Crippen molar-refractivity contribution in [3.63, 3.8) is 0 Å². The molecule has 2 N–H and O–H groups in total. The monoisotopic (exact) mass is 317 g/mol. The molecule has 2 aromatic rings. The number of halogens is 1. The van der Waals surface area contributed by atoms with E-state index in [1.807, 2.05) is 13.8 Å². The van der Waals surface area contributed by atoms with E-state index in [1.165, 1.54) is 0 Å². The molecule has 2 heterocycles. The average Bonchev–Trinajstić information content (AvgIpc) is 2.88. The lowest BCUT2D eigenvalue weighted by molar-refractivity contribution is -0.113. The lowest BCUT2D eigenvalue weighted by Crippen LogP contribution is -2.26. The summed E-state index contributed by atoms with van der Waals surface area (Å²) in [4.78, 5) is 16.8. The minimum atomic E-state index is -0.175.